The van der Waals surface area contributed by atoms with Gasteiger partial charge < -0.3 is 25.2 Å². The minimum Gasteiger partial charge on any atom is -0.392 e. The third-order valence-corrected chi connectivity index (χ3v) is 7.85. The number of amides is 2. The molecule has 0 unspecified atom stereocenters. The number of ether oxygens (including phenoxy) is 2. The van der Waals surface area contributed by atoms with E-state index in [0.717, 1.165) is 33.0 Å². The van der Waals surface area contributed by atoms with Crippen LogP contribution in [0.5, 0.6) is 0 Å². The van der Waals surface area contributed by atoms with E-state index >= 15 is 0 Å². The van der Waals surface area contributed by atoms with Crippen molar-refractivity contribution in [3.63, 3.8) is 0 Å². The van der Waals surface area contributed by atoms with Crippen LogP contribution in [0.3, 0.4) is 0 Å². The van der Waals surface area contributed by atoms with Crippen molar-refractivity contribution in [2.75, 3.05) is 16.4 Å². The molecule has 0 aromatic heterocycles. The summed E-state index contributed by atoms with van der Waals surface area (Å²) in [6.45, 7) is 1.48. The number of carbonyl (C=O) groups is 2. The van der Waals surface area contributed by atoms with E-state index in [1.165, 1.54) is 6.92 Å². The van der Waals surface area contributed by atoms with Crippen LogP contribution in [0.2, 0.25) is 0 Å². The first-order valence-electron chi connectivity index (χ1n) is 13.4. The molecule has 2 amide bonds. The highest BCUT2D eigenvalue weighted by atomic mass is 32.2. The first kappa shape index (κ1) is 28.6. The Balaban J connectivity index is 1.29. The highest BCUT2D eigenvalue weighted by Gasteiger charge is 2.32. The Bertz CT molecular complexity index is 1440. The molecule has 4 aromatic rings. The molecule has 1 aliphatic heterocycles. The van der Waals surface area contributed by atoms with Crippen LogP contribution in [-0.4, -0.2) is 28.8 Å². The number of benzene rings is 4. The highest BCUT2D eigenvalue weighted by Crippen LogP contribution is 2.39. The number of carbonyl (C=O) groups excluding carboxylic acids is 2. The lowest BCUT2D eigenvalue weighted by molar-refractivity contribution is -0.245. The fourth-order valence-electron chi connectivity index (χ4n) is 4.57. The summed E-state index contributed by atoms with van der Waals surface area (Å²) in [7, 11) is 0. The molecular weight excluding hydrogens is 536 g/mol. The minimum atomic E-state index is -0.585. The Kier molecular flexibility index (Phi) is 9.48. The molecule has 8 heteroatoms. The third kappa shape index (κ3) is 7.83. The standard InChI is InChI=1S/C33H32N2O5S/c1-22(37)34-27-15-17-30(18-16-27)41-21-29-19-31(24-9-7-23(20-36)8-10-24)40-33(39-29)26-11-13-28(14-12-26)35-32(38)25-5-3-2-4-6-25/h2-18,29,31,33,36H,19-21H2,1H3,(H,34,37)(H,35,38)/t29-,31+,33+/m0/s1. The zero-order chi connectivity index (χ0) is 28.6. The van der Waals surface area contributed by atoms with Gasteiger partial charge in [-0.25, -0.2) is 0 Å². The molecule has 41 heavy (non-hydrogen) atoms. The maximum atomic E-state index is 12.5. The van der Waals surface area contributed by atoms with Gasteiger partial charge in [-0.1, -0.05) is 54.6 Å². The van der Waals surface area contributed by atoms with Crippen molar-refractivity contribution < 1.29 is 24.2 Å². The Morgan fingerprint density at radius 3 is 2.10 bits per heavy atom. The average molecular weight is 569 g/mol. The largest absolute Gasteiger partial charge is 0.392 e. The number of aliphatic hydroxyl groups excluding tert-OH is 1. The predicted octanol–water partition coefficient (Wildman–Crippen LogP) is 6.73. The Hall–Kier alpha value is -3.95. The summed E-state index contributed by atoms with van der Waals surface area (Å²) in [5, 5.41) is 15.2. The van der Waals surface area contributed by atoms with Gasteiger partial charge in [0.2, 0.25) is 5.91 Å². The van der Waals surface area contributed by atoms with Gasteiger partial charge >= 0.3 is 0 Å². The molecule has 210 valence electrons. The van der Waals surface area contributed by atoms with Crippen LogP contribution < -0.4 is 10.6 Å². The smallest absolute Gasteiger partial charge is 0.255 e. The molecule has 1 fully saturated rings. The average Bonchev–Trinajstić information content (AvgIpc) is 3.01. The molecule has 0 spiro atoms. The maximum absolute atomic E-state index is 12.5. The summed E-state index contributed by atoms with van der Waals surface area (Å²) in [6.07, 6.45) is -0.185. The van der Waals surface area contributed by atoms with Gasteiger partial charge in [0.25, 0.3) is 5.91 Å². The molecule has 1 saturated heterocycles. The predicted molar refractivity (Wildman–Crippen MR) is 161 cm³/mol. The SMILES string of the molecule is CC(=O)Nc1ccc(SC[C@@H]2C[C@H](c3ccc(CO)cc3)O[C@H](c3ccc(NC(=O)c4ccccc4)cc3)O2)cc1. The van der Waals surface area contributed by atoms with Crippen LogP contribution in [0.1, 0.15) is 52.8 Å². The number of hydrogen-bond acceptors (Lipinski definition) is 6. The van der Waals surface area contributed by atoms with Crippen LogP contribution in [0, 0.1) is 0 Å². The van der Waals surface area contributed by atoms with Gasteiger partial charge in [-0.05, 0) is 59.7 Å². The summed E-state index contributed by atoms with van der Waals surface area (Å²) in [6, 6.07) is 32.2. The Labute approximate surface area is 243 Å². The van der Waals surface area contributed by atoms with Gasteiger partial charge in [0, 0.05) is 46.5 Å². The number of rotatable bonds is 9. The molecule has 3 atom stereocenters. The highest BCUT2D eigenvalue weighted by molar-refractivity contribution is 7.99. The molecule has 3 N–H and O–H groups in total. The molecular formula is C33H32N2O5S. The lowest BCUT2D eigenvalue weighted by Gasteiger charge is -2.36. The number of thioether (sulfide) groups is 1. The van der Waals surface area contributed by atoms with E-state index in [9.17, 15) is 14.7 Å². The molecule has 0 aliphatic carbocycles. The zero-order valence-corrected chi connectivity index (χ0v) is 23.5. The van der Waals surface area contributed by atoms with Crippen molar-refractivity contribution in [3.05, 3.63) is 125 Å². The molecule has 0 saturated carbocycles. The van der Waals surface area contributed by atoms with Crippen LogP contribution in [0.25, 0.3) is 0 Å². The maximum Gasteiger partial charge on any atom is 0.255 e. The van der Waals surface area contributed by atoms with Crippen molar-refractivity contribution in [2.24, 2.45) is 0 Å². The van der Waals surface area contributed by atoms with E-state index in [2.05, 4.69) is 10.6 Å². The third-order valence-electron chi connectivity index (χ3n) is 6.70. The van der Waals surface area contributed by atoms with Crippen molar-refractivity contribution >= 4 is 35.0 Å². The van der Waals surface area contributed by atoms with Crippen LogP contribution in [0.4, 0.5) is 11.4 Å². The molecule has 4 aromatic carbocycles. The lowest BCUT2D eigenvalue weighted by atomic mass is 10.0. The van der Waals surface area contributed by atoms with E-state index in [1.54, 1.807) is 23.9 Å². The normalized spacial score (nSPS) is 18.4. The summed E-state index contributed by atoms with van der Waals surface area (Å²) >= 11 is 1.69. The first-order valence-corrected chi connectivity index (χ1v) is 14.4. The van der Waals surface area contributed by atoms with E-state index < -0.39 is 6.29 Å². The molecule has 0 bridgehead atoms. The van der Waals surface area contributed by atoms with Crippen LogP contribution in [-0.2, 0) is 20.9 Å². The summed E-state index contributed by atoms with van der Waals surface area (Å²) in [5.41, 5.74) is 4.77. The molecule has 5 rings (SSSR count). The quantitative estimate of drug-likeness (QED) is 0.194. The minimum absolute atomic E-state index is 0.00924. The Morgan fingerprint density at radius 1 is 0.805 bits per heavy atom. The molecule has 1 aliphatic rings. The fourth-order valence-corrected chi connectivity index (χ4v) is 5.49. The molecule has 7 nitrogen and oxygen atoms in total. The van der Waals surface area contributed by atoms with Gasteiger partial charge in [-0.15, -0.1) is 11.8 Å². The van der Waals surface area contributed by atoms with Crippen molar-refractivity contribution in [1.29, 1.82) is 0 Å². The second kappa shape index (κ2) is 13.6. The van der Waals surface area contributed by atoms with Crippen LogP contribution in [0.15, 0.2) is 108 Å². The lowest BCUT2D eigenvalue weighted by Crippen LogP contribution is -2.31. The van der Waals surface area contributed by atoms with Crippen molar-refractivity contribution in [3.8, 4) is 0 Å². The monoisotopic (exact) mass is 568 g/mol. The number of anilines is 2. The molecule has 1 heterocycles. The van der Waals surface area contributed by atoms with E-state index in [1.807, 2.05) is 91.0 Å². The van der Waals surface area contributed by atoms with E-state index in [0.29, 0.717) is 17.7 Å². The first-order chi connectivity index (χ1) is 20.0. The number of aliphatic hydroxyl groups is 1. The van der Waals surface area contributed by atoms with Crippen molar-refractivity contribution in [1.82, 2.24) is 0 Å². The summed E-state index contributed by atoms with van der Waals surface area (Å²) in [4.78, 5) is 24.9. The van der Waals surface area contributed by atoms with Gasteiger partial charge in [0.15, 0.2) is 6.29 Å². The van der Waals surface area contributed by atoms with E-state index in [-0.39, 0.29) is 30.6 Å². The summed E-state index contributed by atoms with van der Waals surface area (Å²) in [5.74, 6) is 0.448. The van der Waals surface area contributed by atoms with Crippen molar-refractivity contribution in [2.45, 2.75) is 43.3 Å². The second-order valence-corrected chi connectivity index (χ2v) is 10.9. The zero-order valence-electron chi connectivity index (χ0n) is 22.7. The van der Waals surface area contributed by atoms with Gasteiger partial charge in [-0.3, -0.25) is 9.59 Å². The number of hydrogen-bond donors (Lipinski definition) is 3. The van der Waals surface area contributed by atoms with Gasteiger partial charge in [0.05, 0.1) is 18.8 Å². The summed E-state index contributed by atoms with van der Waals surface area (Å²) < 4.78 is 12.9. The van der Waals surface area contributed by atoms with Gasteiger partial charge in [0.1, 0.15) is 0 Å². The van der Waals surface area contributed by atoms with Crippen LogP contribution >= 0.6 is 11.8 Å². The topological polar surface area (TPSA) is 96.9 Å². The number of nitrogens with one attached hydrogen (secondary N) is 2. The van der Waals surface area contributed by atoms with E-state index in [4.69, 9.17) is 9.47 Å². The second-order valence-electron chi connectivity index (χ2n) is 9.81. The Morgan fingerprint density at radius 2 is 1.44 bits per heavy atom. The molecule has 0 radical (unpaired) electrons. The van der Waals surface area contributed by atoms with Gasteiger partial charge in [-0.2, -0.15) is 0 Å². The fraction of sp³-hybridized carbons (Fsp3) is 0.212.